The van der Waals surface area contributed by atoms with Gasteiger partial charge < -0.3 is 4.74 Å². The Morgan fingerprint density at radius 3 is 0.967 bits per heavy atom. The second-order valence-corrected chi connectivity index (χ2v) is 28.8. The molecule has 4 unspecified atom stereocenters. The first kappa shape index (κ1) is 46.8. The number of benzene rings is 8. The molecule has 0 saturated carbocycles. The normalized spacial score (nSPS) is 21.0. The third-order valence-electron chi connectivity index (χ3n) is 11.3. The van der Waals surface area contributed by atoms with Crippen LogP contribution < -0.4 is 10.4 Å². The largest absolute Gasteiger partial charge is 0.390 e. The van der Waals surface area contributed by atoms with Crippen LogP contribution in [-0.2, 0) is 23.0 Å². The Balaban J connectivity index is 1.26. The molecule has 0 aromatic heterocycles. The van der Waals surface area contributed by atoms with Crippen molar-refractivity contribution in [3.05, 3.63) is 112 Å². The topological polar surface area (TPSA) is 43.4 Å². The highest BCUT2D eigenvalue weighted by Gasteiger charge is 2.55. The summed E-state index contributed by atoms with van der Waals surface area (Å²) in [6.45, 7) is 0. The molecule has 2 aliphatic rings. The van der Waals surface area contributed by atoms with Gasteiger partial charge in [0.05, 0.1) is 9.65 Å². The van der Waals surface area contributed by atoms with Crippen molar-refractivity contribution in [3.63, 3.8) is 0 Å². The van der Waals surface area contributed by atoms with Crippen LogP contribution in [0.2, 0.25) is 0 Å². The molecule has 0 bridgehead atoms. The first-order chi connectivity index (χ1) is 28.7. The van der Waals surface area contributed by atoms with Crippen molar-refractivity contribution < 1.29 is 14.3 Å². The molecule has 0 fully saturated rings. The monoisotopic (exact) mass is 1820 g/mol. The minimum atomic E-state index is -1.63. The van der Waals surface area contributed by atoms with Gasteiger partial charge in [-0.15, -0.1) is 0 Å². The molecule has 0 amide bonds. The second-order valence-electron chi connectivity index (χ2n) is 14.4. The molecule has 0 N–H and O–H groups in total. The van der Waals surface area contributed by atoms with Crippen LogP contribution in [0.5, 0.6) is 0 Å². The maximum atomic E-state index is 15.5. The average molecular weight is 1840 g/mol. The number of halogens is 16. The van der Waals surface area contributed by atoms with E-state index in [2.05, 4.69) is 255 Å². The number of hydrogen-bond acceptors (Lipinski definition) is 3. The third kappa shape index (κ3) is 6.49. The summed E-state index contributed by atoms with van der Waals surface area (Å²) in [5.41, 5.74) is 1.27. The van der Waals surface area contributed by atoms with Gasteiger partial charge in [-0.3, -0.25) is 0 Å². The van der Waals surface area contributed by atoms with Gasteiger partial charge in [0.25, 0.3) is 0 Å². The molecule has 0 spiro atoms. The number of esters is 2. The highest BCUT2D eigenvalue weighted by molar-refractivity contribution is 9.15. The molecule has 61 heavy (non-hydrogen) atoms. The van der Waals surface area contributed by atoms with Gasteiger partial charge in [0.15, 0.2) is 8.65 Å². The van der Waals surface area contributed by atoms with E-state index in [1.54, 1.807) is 0 Å². The molecule has 8 aromatic rings. The summed E-state index contributed by atoms with van der Waals surface area (Å²) in [5.74, 6) is -1.60. The Morgan fingerprint density at radius 2 is 0.656 bits per heavy atom. The fourth-order valence-corrected chi connectivity index (χ4v) is 17.2. The summed E-state index contributed by atoms with van der Waals surface area (Å²) in [4.78, 5) is 29.7. The molecule has 3 nitrogen and oxygen atoms in total. The molecule has 0 heterocycles. The first-order valence-electron chi connectivity index (χ1n) is 17.2. The number of rotatable bonds is 2. The number of carbonyl (C=O) groups excluding carboxylic acids is 2. The predicted octanol–water partition coefficient (Wildman–Crippen LogP) is 19.3. The van der Waals surface area contributed by atoms with Crippen LogP contribution in [0.1, 0.15) is 11.1 Å². The van der Waals surface area contributed by atoms with Crippen molar-refractivity contribution in [1.29, 1.82) is 0 Å². The molecule has 4 atom stereocenters. The Morgan fingerprint density at radius 1 is 0.393 bits per heavy atom. The van der Waals surface area contributed by atoms with Crippen molar-refractivity contribution in [2.45, 2.75) is 18.3 Å². The number of fused-ring (bicyclic) bond motifs is 4. The minimum Gasteiger partial charge on any atom is -0.390 e. The van der Waals surface area contributed by atoms with Crippen LogP contribution in [0, 0.1) is 0 Å². The van der Waals surface area contributed by atoms with Crippen molar-refractivity contribution >= 4 is 344 Å². The Hall–Kier alpha value is 2.14. The molecule has 2 aliphatic carbocycles. The fourth-order valence-electron chi connectivity index (χ4n) is 8.88. The number of alkyl halides is 4. The zero-order valence-corrected chi connectivity index (χ0v) is 54.4. The van der Waals surface area contributed by atoms with Crippen LogP contribution in [0.3, 0.4) is 0 Å². The van der Waals surface area contributed by atoms with Crippen molar-refractivity contribution in [1.82, 2.24) is 0 Å². The van der Waals surface area contributed by atoms with Crippen LogP contribution in [0.15, 0.2) is 90.1 Å². The Bertz CT molecular complexity index is 3360. The molecule has 0 radical (unpaired) electrons. The van der Waals surface area contributed by atoms with Crippen LogP contribution in [0.4, 0.5) is 0 Å². The molecule has 0 saturated heterocycles. The summed E-state index contributed by atoms with van der Waals surface area (Å²) in [5, 5.41) is 12.2. The SMILES string of the molecule is O=C(OC(=O)C1(Br)c2c3c(Br)c(Br)cc4cc(Br)c(Br)c(c5c(Br)c(Br)cc(c25)=CC1Br)c43)C1(Br)c2c3c(Br)c(Br)cc4cc(Br)c(Br)c(c5c(Br)c(Br)cc(c25)=CC1Br)c43. The summed E-state index contributed by atoms with van der Waals surface area (Å²) < 4.78 is 12.9. The second kappa shape index (κ2) is 16.4. The standard InChI is InChI=1S/C42H10Br16O3/c43-13-1-9-3-17(47)37(55)29-21(9)25(33(13)51)27-23-11(5-15(45)35(27)53)7-19(49)41(57,31(23)29)39(59)61-40(60)42(58)20(50)8-12-6-16(46)36(54)28-24(12)32(42)30-22-10(4-18(48)38(30)56)2-14(44)34(52)26(22)28/h1-8,19-20H. The van der Waals surface area contributed by atoms with E-state index in [4.69, 9.17) is 4.74 Å². The van der Waals surface area contributed by atoms with Crippen LogP contribution in [-0.4, -0.2) is 21.6 Å². The van der Waals surface area contributed by atoms with E-state index in [1.807, 2.05) is 48.6 Å². The quantitative estimate of drug-likeness (QED) is 0.0570. The summed E-state index contributed by atoms with van der Waals surface area (Å²) >= 11 is 62.1. The average Bonchev–Trinajstić information content (AvgIpc) is 3.20. The van der Waals surface area contributed by atoms with E-state index in [9.17, 15) is 0 Å². The van der Waals surface area contributed by atoms with Crippen molar-refractivity contribution in [2.75, 3.05) is 0 Å². The van der Waals surface area contributed by atoms with Gasteiger partial charge in [-0.05, 0) is 281 Å². The van der Waals surface area contributed by atoms with Gasteiger partial charge in [-0.1, -0.05) is 75.9 Å². The zero-order valence-electron chi connectivity index (χ0n) is 29.0. The molecule has 8 aromatic carbocycles. The summed E-state index contributed by atoms with van der Waals surface area (Å²) in [6.07, 6.45) is 3.95. The van der Waals surface area contributed by atoms with E-state index >= 15 is 9.59 Å². The molecule has 308 valence electrons. The third-order valence-corrected chi connectivity index (χ3v) is 28.8. The van der Waals surface area contributed by atoms with E-state index in [0.717, 1.165) is 129 Å². The van der Waals surface area contributed by atoms with Gasteiger partial charge >= 0.3 is 11.9 Å². The predicted molar refractivity (Wildman–Crippen MR) is 307 cm³/mol. The van der Waals surface area contributed by atoms with Crippen LogP contribution in [0.25, 0.3) is 76.8 Å². The van der Waals surface area contributed by atoms with Gasteiger partial charge in [0, 0.05) is 86.0 Å². The lowest BCUT2D eigenvalue weighted by molar-refractivity contribution is -0.162. The Labute approximate surface area is 479 Å². The molecular weight excluding hydrogens is 1830 g/mol. The van der Waals surface area contributed by atoms with E-state index in [-0.39, 0.29) is 0 Å². The van der Waals surface area contributed by atoms with Gasteiger partial charge in [0.2, 0.25) is 0 Å². The van der Waals surface area contributed by atoms with Crippen molar-refractivity contribution in [3.8, 4) is 0 Å². The summed E-state index contributed by atoms with van der Waals surface area (Å²) in [7, 11) is 0. The smallest absolute Gasteiger partial charge is 0.336 e. The summed E-state index contributed by atoms with van der Waals surface area (Å²) in [6, 6.07) is 12.2. The number of ether oxygens (including phenoxy) is 1. The van der Waals surface area contributed by atoms with Gasteiger partial charge in [-0.2, -0.15) is 0 Å². The lowest BCUT2D eigenvalue weighted by atomic mass is 9.79. The van der Waals surface area contributed by atoms with Crippen molar-refractivity contribution in [2.24, 2.45) is 0 Å². The fraction of sp³-hybridized carbons (Fsp3) is 0.0952. The molecule has 19 heteroatoms. The molecular formula is C42H10Br16O3. The van der Waals surface area contributed by atoms with E-state index in [1.165, 1.54) is 0 Å². The maximum Gasteiger partial charge on any atom is 0.336 e. The Kier molecular flexibility index (Phi) is 12.6. The van der Waals surface area contributed by atoms with E-state index in [0.29, 0.717) is 11.1 Å². The van der Waals surface area contributed by atoms with E-state index < -0.39 is 30.2 Å². The van der Waals surface area contributed by atoms with Gasteiger partial charge in [-0.25, -0.2) is 9.59 Å². The molecule has 10 rings (SSSR count). The number of carbonyl (C=O) groups is 2. The maximum absolute atomic E-state index is 15.5. The van der Waals surface area contributed by atoms with Gasteiger partial charge in [0.1, 0.15) is 0 Å². The highest BCUT2D eigenvalue weighted by Crippen LogP contribution is 2.59. The molecule has 0 aliphatic heterocycles. The minimum absolute atomic E-state index is 0.634. The highest BCUT2D eigenvalue weighted by atomic mass is 79.9. The number of hydrogen-bond donors (Lipinski definition) is 0. The first-order valence-corrected chi connectivity index (χ1v) is 30.1. The van der Waals surface area contributed by atoms with Crippen LogP contribution >= 0.6 is 255 Å². The zero-order chi connectivity index (χ0) is 43.8. The lowest BCUT2D eigenvalue weighted by Crippen LogP contribution is -2.48. The lowest BCUT2D eigenvalue weighted by Gasteiger charge is -2.38.